The first kappa shape index (κ1) is 13.1. The molecule has 1 aromatic rings. The minimum absolute atomic E-state index is 0.0127. The fourth-order valence-corrected chi connectivity index (χ4v) is 2.03. The Morgan fingerprint density at radius 1 is 1.44 bits per heavy atom. The molecule has 1 aliphatic carbocycles. The van der Waals surface area contributed by atoms with Crippen LogP contribution < -0.4 is 5.32 Å². The molecule has 0 heterocycles. The van der Waals surface area contributed by atoms with Crippen LogP contribution in [0.4, 0.5) is 5.69 Å². The lowest BCUT2D eigenvalue weighted by molar-refractivity contribution is -0.148. The van der Waals surface area contributed by atoms with E-state index in [-0.39, 0.29) is 24.4 Å². The van der Waals surface area contributed by atoms with Crippen molar-refractivity contribution in [2.75, 3.05) is 11.9 Å². The SMILES string of the molecule is C[C@@H]1C[C@@H]1C(=O)OCC(=O)Nc1ccccc1Br. The Morgan fingerprint density at radius 2 is 2.11 bits per heavy atom. The highest BCUT2D eigenvalue weighted by molar-refractivity contribution is 9.10. The van der Waals surface area contributed by atoms with Crippen LogP contribution in [0.25, 0.3) is 0 Å². The molecule has 0 spiro atoms. The number of ether oxygens (including phenoxy) is 1. The van der Waals surface area contributed by atoms with Crippen LogP contribution in [0.15, 0.2) is 28.7 Å². The number of amides is 1. The summed E-state index contributed by atoms with van der Waals surface area (Å²) >= 11 is 3.32. The summed E-state index contributed by atoms with van der Waals surface area (Å²) in [4.78, 5) is 23.0. The average molecular weight is 312 g/mol. The Labute approximate surface area is 114 Å². The van der Waals surface area contributed by atoms with E-state index in [2.05, 4.69) is 21.2 Å². The van der Waals surface area contributed by atoms with Crippen LogP contribution in [0, 0.1) is 11.8 Å². The molecule has 1 fully saturated rings. The zero-order valence-electron chi connectivity index (χ0n) is 9.98. The molecular weight excluding hydrogens is 298 g/mol. The first-order valence-corrected chi connectivity index (χ1v) is 6.58. The first-order chi connectivity index (χ1) is 8.58. The van der Waals surface area contributed by atoms with E-state index >= 15 is 0 Å². The molecule has 96 valence electrons. The van der Waals surface area contributed by atoms with Crippen molar-refractivity contribution in [1.29, 1.82) is 0 Å². The van der Waals surface area contributed by atoms with Gasteiger partial charge >= 0.3 is 5.97 Å². The van der Waals surface area contributed by atoms with Gasteiger partial charge in [-0.1, -0.05) is 19.1 Å². The number of carbonyl (C=O) groups is 2. The van der Waals surface area contributed by atoms with Gasteiger partial charge in [-0.05, 0) is 40.4 Å². The number of nitrogens with one attached hydrogen (secondary N) is 1. The van der Waals surface area contributed by atoms with Crippen molar-refractivity contribution in [3.05, 3.63) is 28.7 Å². The summed E-state index contributed by atoms with van der Waals surface area (Å²) in [6.45, 7) is 1.76. The van der Waals surface area contributed by atoms with E-state index in [0.717, 1.165) is 10.9 Å². The largest absolute Gasteiger partial charge is 0.455 e. The molecule has 0 aliphatic heterocycles. The van der Waals surface area contributed by atoms with Crippen molar-refractivity contribution >= 4 is 33.5 Å². The second-order valence-electron chi connectivity index (χ2n) is 4.46. The first-order valence-electron chi connectivity index (χ1n) is 5.79. The van der Waals surface area contributed by atoms with Crippen molar-refractivity contribution in [3.8, 4) is 0 Å². The number of anilines is 1. The van der Waals surface area contributed by atoms with E-state index in [9.17, 15) is 9.59 Å². The lowest BCUT2D eigenvalue weighted by Gasteiger charge is -2.07. The number of para-hydroxylation sites is 1. The second-order valence-corrected chi connectivity index (χ2v) is 5.31. The van der Waals surface area contributed by atoms with Gasteiger partial charge in [-0.25, -0.2) is 0 Å². The normalized spacial score (nSPS) is 21.2. The maximum absolute atomic E-state index is 11.6. The predicted octanol–water partition coefficient (Wildman–Crippen LogP) is 2.59. The summed E-state index contributed by atoms with van der Waals surface area (Å²) in [5, 5.41) is 2.67. The molecule has 1 amide bonds. The lowest BCUT2D eigenvalue weighted by Crippen LogP contribution is -2.21. The monoisotopic (exact) mass is 311 g/mol. The summed E-state index contributed by atoms with van der Waals surface area (Å²) in [5.74, 6) is -0.224. The third-order valence-electron chi connectivity index (χ3n) is 2.91. The highest BCUT2D eigenvalue weighted by Crippen LogP contribution is 2.38. The predicted molar refractivity (Wildman–Crippen MR) is 71.0 cm³/mol. The topological polar surface area (TPSA) is 55.4 Å². The van der Waals surface area contributed by atoms with Crippen molar-refractivity contribution in [2.45, 2.75) is 13.3 Å². The Morgan fingerprint density at radius 3 is 2.72 bits per heavy atom. The van der Waals surface area contributed by atoms with Gasteiger partial charge in [-0.3, -0.25) is 9.59 Å². The maximum atomic E-state index is 11.6. The molecule has 0 bridgehead atoms. The molecule has 0 aromatic heterocycles. The smallest absolute Gasteiger partial charge is 0.309 e. The van der Waals surface area contributed by atoms with Gasteiger partial charge in [-0.15, -0.1) is 0 Å². The van der Waals surface area contributed by atoms with E-state index in [1.165, 1.54) is 0 Å². The lowest BCUT2D eigenvalue weighted by atomic mass is 10.3. The van der Waals surface area contributed by atoms with Crippen LogP contribution in [0.2, 0.25) is 0 Å². The van der Waals surface area contributed by atoms with Crippen molar-refractivity contribution in [1.82, 2.24) is 0 Å². The van der Waals surface area contributed by atoms with Gasteiger partial charge in [0.15, 0.2) is 6.61 Å². The van der Waals surface area contributed by atoms with Crippen LogP contribution in [-0.2, 0) is 14.3 Å². The molecule has 1 aromatic carbocycles. The number of carbonyl (C=O) groups excluding carboxylic acids is 2. The molecule has 1 N–H and O–H groups in total. The molecule has 1 aliphatic rings. The van der Waals surface area contributed by atoms with Crippen LogP contribution >= 0.6 is 15.9 Å². The number of hydrogen-bond acceptors (Lipinski definition) is 3. The van der Waals surface area contributed by atoms with E-state index < -0.39 is 0 Å². The van der Waals surface area contributed by atoms with Gasteiger partial charge in [0.05, 0.1) is 11.6 Å². The molecule has 18 heavy (non-hydrogen) atoms. The maximum Gasteiger partial charge on any atom is 0.309 e. The van der Waals surface area contributed by atoms with E-state index in [0.29, 0.717) is 11.6 Å². The Kier molecular flexibility index (Phi) is 4.01. The summed E-state index contributed by atoms with van der Waals surface area (Å²) in [7, 11) is 0. The van der Waals surface area contributed by atoms with Crippen LogP contribution in [0.1, 0.15) is 13.3 Å². The molecule has 0 unspecified atom stereocenters. The fourth-order valence-electron chi connectivity index (χ4n) is 1.64. The van der Waals surface area contributed by atoms with Gasteiger partial charge < -0.3 is 10.1 Å². The summed E-state index contributed by atoms with van der Waals surface area (Å²) in [6, 6.07) is 7.27. The third kappa shape index (κ3) is 3.32. The van der Waals surface area contributed by atoms with E-state index in [1.54, 1.807) is 6.07 Å². The molecular formula is C13H14BrNO3. The summed E-state index contributed by atoms with van der Waals surface area (Å²) in [6.07, 6.45) is 0.866. The third-order valence-corrected chi connectivity index (χ3v) is 3.60. The Balaban J connectivity index is 1.79. The minimum atomic E-state index is -0.330. The zero-order valence-corrected chi connectivity index (χ0v) is 11.6. The quantitative estimate of drug-likeness (QED) is 0.870. The number of halogens is 1. The molecule has 0 saturated heterocycles. The highest BCUT2D eigenvalue weighted by Gasteiger charge is 2.40. The fraction of sp³-hybridized carbons (Fsp3) is 0.385. The molecule has 0 radical (unpaired) electrons. The van der Waals surface area contributed by atoms with Crippen molar-refractivity contribution in [3.63, 3.8) is 0 Å². The number of esters is 1. The highest BCUT2D eigenvalue weighted by atomic mass is 79.9. The van der Waals surface area contributed by atoms with E-state index in [1.807, 2.05) is 25.1 Å². The molecule has 2 rings (SSSR count). The van der Waals surface area contributed by atoms with Crippen LogP contribution in [-0.4, -0.2) is 18.5 Å². The van der Waals surface area contributed by atoms with Crippen LogP contribution in [0.5, 0.6) is 0 Å². The van der Waals surface area contributed by atoms with Crippen LogP contribution in [0.3, 0.4) is 0 Å². The standard InChI is InChI=1S/C13H14BrNO3/c1-8-6-9(8)13(17)18-7-12(16)15-11-5-3-2-4-10(11)14/h2-5,8-9H,6-7H2,1H3,(H,15,16)/t8-,9+/m1/s1. The molecule has 4 nitrogen and oxygen atoms in total. The number of rotatable bonds is 4. The van der Waals surface area contributed by atoms with Gasteiger partial charge in [0, 0.05) is 4.47 Å². The number of benzene rings is 1. The minimum Gasteiger partial charge on any atom is -0.455 e. The van der Waals surface area contributed by atoms with Gasteiger partial charge in [0.1, 0.15) is 0 Å². The summed E-state index contributed by atoms with van der Waals surface area (Å²) < 4.78 is 5.74. The van der Waals surface area contributed by atoms with Crippen molar-refractivity contribution in [2.24, 2.45) is 11.8 Å². The molecule has 2 atom stereocenters. The summed E-state index contributed by atoms with van der Waals surface area (Å²) in [5.41, 5.74) is 0.665. The molecule has 1 saturated carbocycles. The zero-order chi connectivity index (χ0) is 13.1. The van der Waals surface area contributed by atoms with Gasteiger partial charge in [-0.2, -0.15) is 0 Å². The average Bonchev–Trinajstić information content (AvgIpc) is 3.06. The Hall–Kier alpha value is -1.36. The van der Waals surface area contributed by atoms with E-state index in [4.69, 9.17) is 4.74 Å². The van der Waals surface area contributed by atoms with Gasteiger partial charge in [0.2, 0.25) is 0 Å². The van der Waals surface area contributed by atoms with Crippen molar-refractivity contribution < 1.29 is 14.3 Å². The van der Waals surface area contributed by atoms with Gasteiger partial charge in [0.25, 0.3) is 5.91 Å². The molecule has 5 heteroatoms. The number of hydrogen-bond donors (Lipinski definition) is 1. The second kappa shape index (κ2) is 5.52. The Bertz CT molecular complexity index is 475.